The van der Waals surface area contributed by atoms with Crippen LogP contribution in [0.3, 0.4) is 0 Å². The van der Waals surface area contributed by atoms with E-state index in [2.05, 4.69) is 194 Å². The van der Waals surface area contributed by atoms with E-state index in [1.807, 2.05) is 11.3 Å². The highest BCUT2D eigenvalue weighted by atomic mass is 32.1. The smallest absolute Gasteiger partial charge is 0.160 e. The average molecular weight is 729 g/mol. The van der Waals surface area contributed by atoms with Crippen LogP contribution in [0.25, 0.3) is 87.5 Å². The van der Waals surface area contributed by atoms with Crippen molar-refractivity contribution in [2.45, 2.75) is 5.41 Å². The molecule has 0 fully saturated rings. The van der Waals surface area contributed by atoms with Gasteiger partial charge in [-0.3, -0.25) is 0 Å². The highest BCUT2D eigenvalue weighted by Crippen LogP contribution is 2.63. The van der Waals surface area contributed by atoms with Gasteiger partial charge in [-0.25, -0.2) is 9.97 Å². The zero-order valence-electron chi connectivity index (χ0n) is 30.3. The van der Waals surface area contributed by atoms with Crippen LogP contribution in [0.2, 0.25) is 0 Å². The molecule has 0 saturated heterocycles. The predicted molar refractivity (Wildman–Crippen MR) is 233 cm³/mol. The normalized spacial score (nSPS) is 13.1. The molecule has 56 heavy (non-hydrogen) atoms. The number of rotatable bonds is 4. The van der Waals surface area contributed by atoms with Crippen LogP contribution < -0.4 is 0 Å². The van der Waals surface area contributed by atoms with Crippen LogP contribution >= 0.6 is 11.3 Å². The van der Waals surface area contributed by atoms with Crippen molar-refractivity contribution in [1.29, 1.82) is 0 Å². The first kappa shape index (κ1) is 31.4. The van der Waals surface area contributed by atoms with Crippen LogP contribution in [0.4, 0.5) is 0 Å². The Kier molecular flexibility index (Phi) is 6.75. The summed E-state index contributed by atoms with van der Waals surface area (Å²) < 4.78 is 2.53. The second-order valence-corrected chi connectivity index (χ2v) is 15.9. The molecule has 0 aliphatic heterocycles. The first-order valence-corrected chi connectivity index (χ1v) is 20.0. The zero-order chi connectivity index (χ0) is 36.8. The van der Waals surface area contributed by atoms with Gasteiger partial charge in [-0.05, 0) is 79.9 Å². The van der Waals surface area contributed by atoms with Gasteiger partial charge in [0.15, 0.2) is 5.82 Å². The Bertz CT molecular complexity index is 3150. The minimum Gasteiger partial charge on any atom is -0.228 e. The number of fused-ring (bicyclic) bond motifs is 13. The lowest BCUT2D eigenvalue weighted by Crippen LogP contribution is -2.25. The van der Waals surface area contributed by atoms with Crippen LogP contribution in [0, 0.1) is 0 Å². The molecule has 0 radical (unpaired) electrons. The quantitative estimate of drug-likeness (QED) is 0.180. The number of hydrogen-bond donors (Lipinski definition) is 0. The maximum absolute atomic E-state index is 5.34. The molecule has 8 aromatic carbocycles. The first-order chi connectivity index (χ1) is 27.8. The second-order valence-electron chi connectivity index (χ2n) is 14.8. The summed E-state index contributed by atoms with van der Waals surface area (Å²) in [6, 6.07) is 70.7. The number of thiophene rings is 1. The van der Waals surface area contributed by atoms with Crippen LogP contribution in [0.5, 0.6) is 0 Å². The first-order valence-electron chi connectivity index (χ1n) is 19.2. The highest BCUT2D eigenvalue weighted by molar-refractivity contribution is 7.26. The van der Waals surface area contributed by atoms with E-state index in [1.54, 1.807) is 0 Å². The monoisotopic (exact) mass is 728 g/mol. The largest absolute Gasteiger partial charge is 0.228 e. The molecule has 0 atom stereocenters. The standard InChI is InChI=1S/C53H32N2S/c1-2-14-33(15-3-1)48-32-49(43-23-13-22-42-41-21-7-11-27-50(41)56-51(42)43)55-52(54-48)36-17-12-16-34(30-36)35-28-29-40-39-20-6-10-26-46(39)53(47(40)31-35)44-24-8-4-18-37(44)38-19-5-9-25-45(38)53/h1-32H. The van der Waals surface area contributed by atoms with Crippen LogP contribution in [-0.2, 0) is 5.41 Å². The molecule has 0 saturated carbocycles. The van der Waals surface area contributed by atoms with Crippen molar-refractivity contribution < 1.29 is 0 Å². The highest BCUT2D eigenvalue weighted by Gasteiger charge is 2.51. The number of aromatic nitrogens is 2. The molecule has 260 valence electrons. The van der Waals surface area contributed by atoms with Gasteiger partial charge in [0.1, 0.15) is 0 Å². The van der Waals surface area contributed by atoms with Crippen molar-refractivity contribution in [2.24, 2.45) is 0 Å². The van der Waals surface area contributed by atoms with Crippen molar-refractivity contribution in [3.63, 3.8) is 0 Å². The summed E-state index contributed by atoms with van der Waals surface area (Å²) in [6.45, 7) is 0. The van der Waals surface area contributed by atoms with E-state index in [0.29, 0.717) is 5.82 Å². The molecule has 2 aliphatic rings. The van der Waals surface area contributed by atoms with Gasteiger partial charge in [-0.15, -0.1) is 11.3 Å². The van der Waals surface area contributed by atoms with E-state index in [1.165, 1.54) is 70.2 Å². The molecule has 0 amide bonds. The minimum atomic E-state index is -0.387. The fourth-order valence-electron chi connectivity index (χ4n) is 9.53. The summed E-state index contributed by atoms with van der Waals surface area (Å²) in [4.78, 5) is 10.6. The molecule has 2 aliphatic carbocycles. The average Bonchev–Trinajstić information content (AvgIpc) is 3.91. The summed E-state index contributed by atoms with van der Waals surface area (Å²) in [5, 5.41) is 2.54. The van der Waals surface area contributed by atoms with E-state index in [0.717, 1.165) is 33.6 Å². The molecule has 2 heterocycles. The topological polar surface area (TPSA) is 25.8 Å². The zero-order valence-corrected chi connectivity index (χ0v) is 31.1. The molecular weight excluding hydrogens is 697 g/mol. The third kappa shape index (κ3) is 4.43. The number of benzene rings is 8. The lowest BCUT2D eigenvalue weighted by molar-refractivity contribution is 0.794. The maximum atomic E-state index is 5.34. The Hall–Kier alpha value is -6.94. The molecule has 3 heteroatoms. The van der Waals surface area contributed by atoms with Gasteiger partial charge in [0.2, 0.25) is 0 Å². The molecule has 0 unspecified atom stereocenters. The number of nitrogens with zero attached hydrogens (tertiary/aromatic N) is 2. The summed E-state index contributed by atoms with van der Waals surface area (Å²) in [6.07, 6.45) is 0. The summed E-state index contributed by atoms with van der Waals surface area (Å²) >= 11 is 1.83. The molecule has 0 N–H and O–H groups in total. The molecular formula is C53H32N2S. The van der Waals surface area contributed by atoms with E-state index in [4.69, 9.17) is 9.97 Å². The van der Waals surface area contributed by atoms with E-state index < -0.39 is 0 Å². The molecule has 0 bridgehead atoms. The van der Waals surface area contributed by atoms with Gasteiger partial charge >= 0.3 is 0 Å². The summed E-state index contributed by atoms with van der Waals surface area (Å²) in [5.41, 5.74) is 17.6. The lowest BCUT2D eigenvalue weighted by Gasteiger charge is -2.30. The number of hydrogen-bond acceptors (Lipinski definition) is 3. The predicted octanol–water partition coefficient (Wildman–Crippen LogP) is 13.9. The van der Waals surface area contributed by atoms with E-state index >= 15 is 0 Å². The molecule has 1 spiro atoms. The third-order valence-electron chi connectivity index (χ3n) is 11.9. The maximum Gasteiger partial charge on any atom is 0.160 e. The van der Waals surface area contributed by atoms with Crippen molar-refractivity contribution in [2.75, 3.05) is 0 Å². The van der Waals surface area contributed by atoms with Gasteiger partial charge < -0.3 is 0 Å². The molecule has 2 aromatic heterocycles. The lowest BCUT2D eigenvalue weighted by atomic mass is 9.70. The van der Waals surface area contributed by atoms with Gasteiger partial charge in [0.25, 0.3) is 0 Å². The van der Waals surface area contributed by atoms with Crippen molar-refractivity contribution in [3.8, 4) is 67.3 Å². The Morgan fingerprint density at radius 1 is 0.339 bits per heavy atom. The van der Waals surface area contributed by atoms with Crippen LogP contribution in [0.15, 0.2) is 194 Å². The van der Waals surface area contributed by atoms with E-state index in [-0.39, 0.29) is 5.41 Å². The Labute approximate surface area is 329 Å². The van der Waals surface area contributed by atoms with E-state index in [9.17, 15) is 0 Å². The Morgan fingerprint density at radius 2 is 0.875 bits per heavy atom. The molecule has 10 aromatic rings. The van der Waals surface area contributed by atoms with Gasteiger partial charge in [-0.1, -0.05) is 170 Å². The SMILES string of the molecule is c1ccc(-c2cc(-c3cccc4c3sc3ccccc34)nc(-c3cccc(-c4ccc5c(c4)C4(c6ccccc6-c6ccccc64)c4ccccc4-5)c3)n2)cc1. The minimum absolute atomic E-state index is 0.387. The van der Waals surface area contributed by atoms with Gasteiger partial charge in [0, 0.05) is 36.9 Å². The van der Waals surface area contributed by atoms with Crippen molar-refractivity contribution in [3.05, 3.63) is 216 Å². The summed E-state index contributed by atoms with van der Waals surface area (Å²) in [5.74, 6) is 0.713. The van der Waals surface area contributed by atoms with Crippen LogP contribution in [0.1, 0.15) is 22.3 Å². The Balaban J connectivity index is 1.04. The van der Waals surface area contributed by atoms with Gasteiger partial charge in [-0.2, -0.15) is 0 Å². The fourth-order valence-corrected chi connectivity index (χ4v) is 10.8. The van der Waals surface area contributed by atoms with Crippen LogP contribution in [-0.4, -0.2) is 9.97 Å². The molecule has 2 nitrogen and oxygen atoms in total. The summed E-state index contributed by atoms with van der Waals surface area (Å²) in [7, 11) is 0. The van der Waals surface area contributed by atoms with Gasteiger partial charge in [0.05, 0.1) is 16.8 Å². The second kappa shape index (κ2) is 12.0. The van der Waals surface area contributed by atoms with Crippen molar-refractivity contribution >= 4 is 31.5 Å². The fraction of sp³-hybridized carbons (Fsp3) is 0.0189. The molecule has 12 rings (SSSR count). The third-order valence-corrected chi connectivity index (χ3v) is 13.1. The van der Waals surface area contributed by atoms with Crippen molar-refractivity contribution in [1.82, 2.24) is 9.97 Å². The Morgan fingerprint density at radius 3 is 1.62 bits per heavy atom.